The zero-order valence-electron chi connectivity index (χ0n) is 16.6. The molecule has 2 N–H and O–H groups in total. The third-order valence-electron chi connectivity index (χ3n) is 4.84. The summed E-state index contributed by atoms with van der Waals surface area (Å²) in [6.45, 7) is 3.72. The zero-order chi connectivity index (χ0) is 18.1. The SMILES string of the molecule is CCNC(=NCC(c1ccc(OC)cc1)N(C)C)NC1CCCCC1.I. The number of ether oxygens (including phenoxy) is 1. The molecule has 0 amide bonds. The fourth-order valence-electron chi connectivity index (χ4n) is 3.33. The highest BCUT2D eigenvalue weighted by molar-refractivity contribution is 14.0. The maximum absolute atomic E-state index is 5.26. The summed E-state index contributed by atoms with van der Waals surface area (Å²) in [5.74, 6) is 1.83. The number of nitrogens with one attached hydrogen (secondary N) is 2. The van der Waals surface area contributed by atoms with Crippen molar-refractivity contribution in [2.75, 3.05) is 34.3 Å². The van der Waals surface area contributed by atoms with Crippen molar-refractivity contribution in [1.82, 2.24) is 15.5 Å². The zero-order valence-corrected chi connectivity index (χ0v) is 19.0. The number of aliphatic imine (C=N–C) groups is 1. The van der Waals surface area contributed by atoms with Crippen LogP contribution >= 0.6 is 24.0 Å². The van der Waals surface area contributed by atoms with E-state index < -0.39 is 0 Å². The van der Waals surface area contributed by atoms with Crippen molar-refractivity contribution in [3.05, 3.63) is 29.8 Å². The fraction of sp³-hybridized carbons (Fsp3) is 0.650. The van der Waals surface area contributed by atoms with E-state index >= 15 is 0 Å². The van der Waals surface area contributed by atoms with E-state index in [-0.39, 0.29) is 30.0 Å². The lowest BCUT2D eigenvalue weighted by Gasteiger charge is -2.26. The molecule has 0 bridgehead atoms. The van der Waals surface area contributed by atoms with Gasteiger partial charge in [-0.2, -0.15) is 0 Å². The second-order valence-corrected chi connectivity index (χ2v) is 6.95. The van der Waals surface area contributed by atoms with Crippen molar-refractivity contribution in [1.29, 1.82) is 0 Å². The summed E-state index contributed by atoms with van der Waals surface area (Å²) < 4.78 is 5.26. The van der Waals surface area contributed by atoms with Gasteiger partial charge in [0.15, 0.2) is 5.96 Å². The van der Waals surface area contributed by atoms with Gasteiger partial charge >= 0.3 is 0 Å². The van der Waals surface area contributed by atoms with E-state index in [2.05, 4.69) is 48.7 Å². The number of guanidine groups is 1. The molecule has 0 heterocycles. The topological polar surface area (TPSA) is 48.9 Å². The van der Waals surface area contributed by atoms with Crippen molar-refractivity contribution in [2.24, 2.45) is 4.99 Å². The number of halogens is 1. The molecule has 0 radical (unpaired) electrons. The van der Waals surface area contributed by atoms with Gasteiger partial charge in [-0.05, 0) is 51.6 Å². The Morgan fingerprint density at radius 2 is 1.85 bits per heavy atom. The minimum absolute atomic E-state index is 0. The summed E-state index contributed by atoms with van der Waals surface area (Å²) in [4.78, 5) is 7.09. The molecule has 1 saturated carbocycles. The Kier molecular flexibility index (Phi) is 11.0. The van der Waals surface area contributed by atoms with E-state index in [4.69, 9.17) is 9.73 Å². The minimum atomic E-state index is 0. The first-order valence-electron chi connectivity index (χ1n) is 9.49. The van der Waals surface area contributed by atoms with Crippen molar-refractivity contribution >= 4 is 29.9 Å². The summed E-state index contributed by atoms with van der Waals surface area (Å²) in [7, 11) is 5.90. The average molecular weight is 474 g/mol. The van der Waals surface area contributed by atoms with Crippen LogP contribution < -0.4 is 15.4 Å². The van der Waals surface area contributed by atoms with Gasteiger partial charge < -0.3 is 20.3 Å². The van der Waals surface area contributed by atoms with Gasteiger partial charge in [-0.25, -0.2) is 0 Å². The lowest BCUT2D eigenvalue weighted by atomic mass is 9.96. The Morgan fingerprint density at radius 3 is 2.38 bits per heavy atom. The third kappa shape index (κ3) is 7.31. The maximum Gasteiger partial charge on any atom is 0.191 e. The van der Waals surface area contributed by atoms with Gasteiger partial charge in [0.2, 0.25) is 0 Å². The molecule has 2 rings (SSSR count). The first-order chi connectivity index (χ1) is 12.1. The highest BCUT2D eigenvalue weighted by atomic mass is 127. The van der Waals surface area contributed by atoms with Crippen LogP contribution in [-0.2, 0) is 0 Å². The van der Waals surface area contributed by atoms with E-state index in [9.17, 15) is 0 Å². The summed E-state index contributed by atoms with van der Waals surface area (Å²) in [6.07, 6.45) is 6.51. The normalized spacial score (nSPS) is 16.7. The molecule has 1 unspecified atom stereocenters. The molecule has 5 nitrogen and oxygen atoms in total. The first kappa shape index (κ1) is 23.0. The summed E-state index contributed by atoms with van der Waals surface area (Å²) in [5.41, 5.74) is 1.25. The number of methoxy groups -OCH3 is 1. The van der Waals surface area contributed by atoms with Crippen LogP contribution in [0.2, 0.25) is 0 Å². The summed E-state index contributed by atoms with van der Waals surface area (Å²) >= 11 is 0. The molecule has 26 heavy (non-hydrogen) atoms. The third-order valence-corrected chi connectivity index (χ3v) is 4.84. The van der Waals surface area contributed by atoms with Gasteiger partial charge in [0, 0.05) is 12.6 Å². The standard InChI is InChI=1S/C20H34N4O.HI/c1-5-21-20(23-17-9-7-6-8-10-17)22-15-19(24(2)3)16-11-13-18(25-4)14-12-16;/h11-14,17,19H,5-10,15H2,1-4H3,(H2,21,22,23);1H. The van der Waals surface area contributed by atoms with Gasteiger partial charge in [0.1, 0.15) is 5.75 Å². The van der Waals surface area contributed by atoms with Crippen LogP contribution in [0.3, 0.4) is 0 Å². The van der Waals surface area contributed by atoms with Crippen LogP contribution in [0.4, 0.5) is 0 Å². The van der Waals surface area contributed by atoms with Gasteiger partial charge in [-0.3, -0.25) is 4.99 Å². The lowest BCUT2D eigenvalue weighted by molar-refractivity contribution is 0.305. The van der Waals surface area contributed by atoms with Crippen LogP contribution in [0.25, 0.3) is 0 Å². The summed E-state index contributed by atoms with van der Waals surface area (Å²) in [5, 5.41) is 7.02. The molecule has 0 saturated heterocycles. The van der Waals surface area contributed by atoms with Gasteiger partial charge in [-0.1, -0.05) is 31.4 Å². The number of benzene rings is 1. The monoisotopic (exact) mass is 474 g/mol. The Bertz CT molecular complexity index is 527. The van der Waals surface area contributed by atoms with Crippen LogP contribution in [0, 0.1) is 0 Å². The predicted molar refractivity (Wildman–Crippen MR) is 121 cm³/mol. The largest absolute Gasteiger partial charge is 0.497 e. The van der Waals surface area contributed by atoms with Crippen LogP contribution in [0.1, 0.15) is 50.6 Å². The van der Waals surface area contributed by atoms with Gasteiger partial charge in [0.25, 0.3) is 0 Å². The minimum Gasteiger partial charge on any atom is -0.497 e. The maximum atomic E-state index is 5.26. The average Bonchev–Trinajstić information content (AvgIpc) is 2.63. The molecule has 1 aliphatic carbocycles. The Hall–Kier alpha value is -1.02. The molecule has 6 heteroatoms. The smallest absolute Gasteiger partial charge is 0.191 e. The molecule has 1 fully saturated rings. The van der Waals surface area contributed by atoms with E-state index in [0.717, 1.165) is 24.8 Å². The molecule has 1 aromatic rings. The molecule has 0 aromatic heterocycles. The predicted octanol–water partition coefficient (Wildman–Crippen LogP) is 3.80. The number of likely N-dealkylation sites (N-methyl/N-ethyl adjacent to an activating group) is 1. The van der Waals surface area contributed by atoms with Crippen LogP contribution in [0.15, 0.2) is 29.3 Å². The quantitative estimate of drug-likeness (QED) is 0.359. The number of hydrogen-bond donors (Lipinski definition) is 2. The Labute approximate surface area is 176 Å². The highest BCUT2D eigenvalue weighted by Gasteiger charge is 2.17. The second kappa shape index (κ2) is 12.4. The number of hydrogen-bond acceptors (Lipinski definition) is 3. The van der Waals surface area contributed by atoms with Crippen LogP contribution in [0.5, 0.6) is 5.75 Å². The van der Waals surface area contributed by atoms with E-state index in [1.54, 1.807) is 7.11 Å². The van der Waals surface area contributed by atoms with Gasteiger partial charge in [0.05, 0.1) is 19.7 Å². The van der Waals surface area contributed by atoms with E-state index in [0.29, 0.717) is 6.04 Å². The van der Waals surface area contributed by atoms with E-state index in [1.165, 1.54) is 37.7 Å². The molecule has 0 spiro atoms. The molecular formula is C20H35IN4O. The van der Waals surface area contributed by atoms with E-state index in [1.807, 2.05) is 12.1 Å². The number of rotatable bonds is 7. The molecule has 148 valence electrons. The summed E-state index contributed by atoms with van der Waals surface area (Å²) in [6, 6.07) is 9.08. The van der Waals surface area contributed by atoms with Crippen molar-refractivity contribution in [3.63, 3.8) is 0 Å². The van der Waals surface area contributed by atoms with Crippen LogP contribution in [-0.4, -0.2) is 51.2 Å². The van der Waals surface area contributed by atoms with Crippen molar-refractivity contribution in [2.45, 2.75) is 51.1 Å². The molecule has 1 aromatic carbocycles. The van der Waals surface area contributed by atoms with Crippen molar-refractivity contribution < 1.29 is 4.74 Å². The first-order valence-corrected chi connectivity index (χ1v) is 9.49. The Balaban J connectivity index is 0.00000338. The highest BCUT2D eigenvalue weighted by Crippen LogP contribution is 2.22. The second-order valence-electron chi connectivity index (χ2n) is 6.95. The molecular weight excluding hydrogens is 439 g/mol. The number of nitrogens with zero attached hydrogens (tertiary/aromatic N) is 2. The fourth-order valence-corrected chi connectivity index (χ4v) is 3.33. The van der Waals surface area contributed by atoms with Gasteiger partial charge in [-0.15, -0.1) is 24.0 Å². The molecule has 0 aliphatic heterocycles. The van der Waals surface area contributed by atoms with Crippen molar-refractivity contribution in [3.8, 4) is 5.75 Å². The molecule has 1 atom stereocenters. The lowest BCUT2D eigenvalue weighted by Crippen LogP contribution is -2.44. The Morgan fingerprint density at radius 1 is 1.19 bits per heavy atom. The molecule has 1 aliphatic rings.